The first-order valence-corrected chi connectivity index (χ1v) is 7.62. The van der Waals surface area contributed by atoms with Crippen LogP contribution in [0, 0.1) is 17.3 Å². The van der Waals surface area contributed by atoms with Gasteiger partial charge >= 0.3 is 0 Å². The number of carbonyl (C=O) groups is 1. The Hall–Kier alpha value is -0.570. The smallest absolute Gasteiger partial charge is 0.222 e. The van der Waals surface area contributed by atoms with E-state index < -0.39 is 0 Å². The molecule has 0 aliphatic carbocycles. The first kappa shape index (κ1) is 18.4. The van der Waals surface area contributed by atoms with Gasteiger partial charge in [-0.05, 0) is 43.1 Å². The second-order valence-corrected chi connectivity index (χ2v) is 7.18. The van der Waals surface area contributed by atoms with Crippen molar-refractivity contribution in [2.24, 2.45) is 23.0 Å². The average molecular weight is 270 g/mol. The second-order valence-electron chi connectivity index (χ2n) is 7.18. The van der Waals surface area contributed by atoms with Crippen molar-refractivity contribution in [1.82, 2.24) is 4.90 Å². The van der Waals surface area contributed by atoms with Gasteiger partial charge in [-0.2, -0.15) is 0 Å². The molecule has 0 fully saturated rings. The SMILES string of the molecule is CC(C)CCN(C)C(=O)CCC(CCN)C(C)(C)C. The van der Waals surface area contributed by atoms with Gasteiger partial charge in [-0.3, -0.25) is 4.79 Å². The van der Waals surface area contributed by atoms with Crippen molar-refractivity contribution in [2.75, 3.05) is 20.1 Å². The van der Waals surface area contributed by atoms with Crippen LogP contribution < -0.4 is 5.73 Å². The van der Waals surface area contributed by atoms with Gasteiger partial charge < -0.3 is 10.6 Å². The Kier molecular flexibility index (Phi) is 8.31. The van der Waals surface area contributed by atoms with Crippen LogP contribution in [0.4, 0.5) is 0 Å². The Morgan fingerprint density at radius 3 is 2.16 bits per heavy atom. The molecule has 19 heavy (non-hydrogen) atoms. The van der Waals surface area contributed by atoms with E-state index in [1.54, 1.807) is 0 Å². The molecule has 2 N–H and O–H groups in total. The first-order chi connectivity index (χ1) is 8.68. The highest BCUT2D eigenvalue weighted by Gasteiger charge is 2.24. The fourth-order valence-corrected chi connectivity index (χ4v) is 2.28. The molecule has 0 aliphatic heterocycles. The topological polar surface area (TPSA) is 46.3 Å². The summed E-state index contributed by atoms with van der Waals surface area (Å²) >= 11 is 0. The van der Waals surface area contributed by atoms with Crippen LogP contribution in [-0.2, 0) is 4.79 Å². The third-order valence-corrected chi connectivity index (χ3v) is 3.91. The van der Waals surface area contributed by atoms with Crippen LogP contribution in [0.5, 0.6) is 0 Å². The van der Waals surface area contributed by atoms with Gasteiger partial charge in [0.15, 0.2) is 0 Å². The van der Waals surface area contributed by atoms with E-state index in [1.165, 1.54) is 0 Å². The lowest BCUT2D eigenvalue weighted by Gasteiger charge is -2.31. The zero-order chi connectivity index (χ0) is 15.1. The van der Waals surface area contributed by atoms with Crippen LogP contribution in [0.15, 0.2) is 0 Å². The molecule has 3 nitrogen and oxygen atoms in total. The number of hydrogen-bond donors (Lipinski definition) is 1. The third-order valence-electron chi connectivity index (χ3n) is 3.91. The van der Waals surface area contributed by atoms with Crippen LogP contribution in [0.25, 0.3) is 0 Å². The molecule has 0 aromatic heterocycles. The zero-order valence-corrected chi connectivity index (χ0v) is 13.8. The van der Waals surface area contributed by atoms with Gasteiger partial charge in [-0.1, -0.05) is 34.6 Å². The number of amides is 1. The van der Waals surface area contributed by atoms with Crippen LogP contribution in [0.2, 0.25) is 0 Å². The molecule has 1 unspecified atom stereocenters. The standard InChI is InChI=1S/C16H34N2O/c1-13(2)10-12-18(6)15(19)8-7-14(9-11-17)16(3,4)5/h13-14H,7-12,17H2,1-6H3. The van der Waals surface area contributed by atoms with Gasteiger partial charge in [-0.15, -0.1) is 0 Å². The lowest BCUT2D eigenvalue weighted by Crippen LogP contribution is -2.30. The molecule has 0 aliphatic rings. The van der Waals surface area contributed by atoms with E-state index in [0.29, 0.717) is 24.8 Å². The van der Waals surface area contributed by atoms with E-state index >= 15 is 0 Å². The molecular formula is C16H34N2O. The van der Waals surface area contributed by atoms with Crippen molar-refractivity contribution in [3.8, 4) is 0 Å². The van der Waals surface area contributed by atoms with Crippen LogP contribution >= 0.6 is 0 Å². The average Bonchev–Trinajstić information content (AvgIpc) is 2.29. The van der Waals surface area contributed by atoms with Gasteiger partial charge in [0.1, 0.15) is 0 Å². The maximum Gasteiger partial charge on any atom is 0.222 e. The van der Waals surface area contributed by atoms with Gasteiger partial charge in [0.2, 0.25) is 5.91 Å². The van der Waals surface area contributed by atoms with E-state index in [9.17, 15) is 4.79 Å². The Balaban J connectivity index is 4.17. The molecule has 0 spiro atoms. The van der Waals surface area contributed by atoms with Crippen molar-refractivity contribution < 1.29 is 4.79 Å². The summed E-state index contributed by atoms with van der Waals surface area (Å²) in [6.07, 6.45) is 3.68. The van der Waals surface area contributed by atoms with Crippen LogP contribution in [0.1, 0.15) is 60.3 Å². The number of carbonyl (C=O) groups excluding carboxylic acids is 1. The Bertz CT molecular complexity index is 256. The summed E-state index contributed by atoms with van der Waals surface area (Å²) in [5, 5.41) is 0. The van der Waals surface area contributed by atoms with E-state index in [2.05, 4.69) is 34.6 Å². The normalized spacial score (nSPS) is 13.7. The summed E-state index contributed by atoms with van der Waals surface area (Å²) in [6.45, 7) is 12.7. The molecule has 3 heteroatoms. The number of rotatable bonds is 8. The van der Waals surface area contributed by atoms with E-state index in [-0.39, 0.29) is 11.3 Å². The minimum absolute atomic E-state index is 0.232. The first-order valence-electron chi connectivity index (χ1n) is 7.62. The van der Waals surface area contributed by atoms with Crippen molar-refractivity contribution >= 4 is 5.91 Å². The summed E-state index contributed by atoms with van der Waals surface area (Å²) in [4.78, 5) is 14.0. The molecule has 1 atom stereocenters. The van der Waals surface area contributed by atoms with Crippen molar-refractivity contribution in [3.63, 3.8) is 0 Å². The molecule has 0 aromatic rings. The summed E-state index contributed by atoms with van der Waals surface area (Å²) in [6, 6.07) is 0. The lowest BCUT2D eigenvalue weighted by molar-refractivity contribution is -0.130. The molecule has 0 heterocycles. The highest BCUT2D eigenvalue weighted by molar-refractivity contribution is 5.75. The van der Waals surface area contributed by atoms with E-state index in [4.69, 9.17) is 5.73 Å². The molecule has 0 aromatic carbocycles. The largest absolute Gasteiger partial charge is 0.346 e. The number of nitrogens with two attached hydrogens (primary N) is 1. The molecule has 0 radical (unpaired) electrons. The summed E-state index contributed by atoms with van der Waals surface area (Å²) in [7, 11) is 1.92. The van der Waals surface area contributed by atoms with Crippen molar-refractivity contribution in [2.45, 2.75) is 60.3 Å². The Morgan fingerprint density at radius 2 is 1.74 bits per heavy atom. The molecule has 1 amide bonds. The predicted octanol–water partition coefficient (Wildman–Crippen LogP) is 3.28. The van der Waals surface area contributed by atoms with Gasteiger partial charge in [0.05, 0.1) is 0 Å². The van der Waals surface area contributed by atoms with Crippen molar-refractivity contribution in [3.05, 3.63) is 0 Å². The maximum absolute atomic E-state index is 12.1. The van der Waals surface area contributed by atoms with Gasteiger partial charge in [0, 0.05) is 20.0 Å². The predicted molar refractivity (Wildman–Crippen MR) is 82.9 cm³/mol. The summed E-state index contributed by atoms with van der Waals surface area (Å²) in [5.41, 5.74) is 5.91. The fraction of sp³-hybridized carbons (Fsp3) is 0.938. The number of hydrogen-bond acceptors (Lipinski definition) is 2. The van der Waals surface area contributed by atoms with Gasteiger partial charge in [0.25, 0.3) is 0 Å². The van der Waals surface area contributed by atoms with E-state index in [1.807, 2.05) is 11.9 Å². The third kappa shape index (κ3) is 8.25. The van der Waals surface area contributed by atoms with Crippen LogP contribution in [0.3, 0.4) is 0 Å². The molecule has 0 saturated carbocycles. The highest BCUT2D eigenvalue weighted by atomic mass is 16.2. The van der Waals surface area contributed by atoms with Crippen molar-refractivity contribution in [1.29, 1.82) is 0 Å². The Morgan fingerprint density at radius 1 is 1.16 bits per heavy atom. The quantitative estimate of drug-likeness (QED) is 0.735. The minimum Gasteiger partial charge on any atom is -0.346 e. The lowest BCUT2D eigenvalue weighted by atomic mass is 9.76. The summed E-state index contributed by atoms with van der Waals surface area (Å²) < 4.78 is 0. The van der Waals surface area contributed by atoms with Crippen LogP contribution in [-0.4, -0.2) is 30.9 Å². The van der Waals surface area contributed by atoms with Gasteiger partial charge in [-0.25, -0.2) is 0 Å². The summed E-state index contributed by atoms with van der Waals surface area (Å²) in [5.74, 6) is 1.45. The number of nitrogens with zero attached hydrogens (tertiary/aromatic N) is 1. The molecular weight excluding hydrogens is 236 g/mol. The molecule has 114 valence electrons. The molecule has 0 saturated heterocycles. The Labute approximate surface area is 119 Å². The maximum atomic E-state index is 12.1. The second kappa shape index (κ2) is 8.57. The molecule has 0 bridgehead atoms. The highest BCUT2D eigenvalue weighted by Crippen LogP contribution is 2.32. The fourth-order valence-electron chi connectivity index (χ4n) is 2.28. The van der Waals surface area contributed by atoms with E-state index in [0.717, 1.165) is 25.8 Å². The minimum atomic E-state index is 0.232. The zero-order valence-electron chi connectivity index (χ0n) is 13.8. The monoisotopic (exact) mass is 270 g/mol. The molecule has 0 rings (SSSR count).